The van der Waals surface area contributed by atoms with Gasteiger partial charge < -0.3 is 11.1 Å². The summed E-state index contributed by atoms with van der Waals surface area (Å²) in [6.07, 6.45) is 0. The van der Waals surface area contributed by atoms with Gasteiger partial charge in [0.15, 0.2) is 0 Å². The number of nitrogens with two attached hydrogens (primary N) is 1. The quantitative estimate of drug-likeness (QED) is 0.619. The highest BCUT2D eigenvalue weighted by molar-refractivity contribution is 4.92. The van der Waals surface area contributed by atoms with E-state index in [-0.39, 0.29) is 11.0 Å². The molecule has 2 heteroatoms. The van der Waals surface area contributed by atoms with Gasteiger partial charge in [-0.15, -0.1) is 0 Å². The van der Waals surface area contributed by atoms with Gasteiger partial charge in [-0.2, -0.15) is 0 Å². The Morgan fingerprint density at radius 1 is 1.20 bits per heavy atom. The summed E-state index contributed by atoms with van der Waals surface area (Å²) in [6.45, 7) is 9.38. The van der Waals surface area contributed by atoms with Gasteiger partial charge in [0, 0.05) is 5.54 Å². The molecule has 10 heavy (non-hydrogen) atoms. The molecule has 0 aliphatic heterocycles. The number of hydrogen-bond donors (Lipinski definition) is 2. The molecule has 0 aliphatic rings. The van der Waals surface area contributed by atoms with Crippen LogP contribution in [0.25, 0.3) is 0 Å². The molecular formula is C8H20N2. The second-order valence-electron chi connectivity index (χ2n) is 3.96. The molecular weight excluding hydrogens is 124 g/mol. The molecule has 0 atom stereocenters. The van der Waals surface area contributed by atoms with E-state index in [2.05, 4.69) is 33.0 Å². The molecule has 0 heterocycles. The van der Waals surface area contributed by atoms with E-state index >= 15 is 0 Å². The van der Waals surface area contributed by atoms with Crippen molar-refractivity contribution in [3.8, 4) is 0 Å². The summed E-state index contributed by atoms with van der Waals surface area (Å²) in [4.78, 5) is 0. The lowest BCUT2D eigenvalue weighted by Gasteiger charge is -2.40. The average molecular weight is 144 g/mol. The smallest absolute Gasteiger partial charge is 0.0185 e. The first-order valence-corrected chi connectivity index (χ1v) is 3.76. The molecule has 0 bridgehead atoms. The molecule has 3 N–H and O–H groups in total. The highest BCUT2D eigenvalue weighted by Gasteiger charge is 2.33. The van der Waals surface area contributed by atoms with Crippen molar-refractivity contribution in [2.75, 3.05) is 13.6 Å². The monoisotopic (exact) mass is 144 g/mol. The van der Waals surface area contributed by atoms with Crippen molar-refractivity contribution in [2.45, 2.75) is 33.2 Å². The average Bonchev–Trinajstić information content (AvgIpc) is 1.88. The molecule has 0 saturated carbocycles. The molecule has 0 aromatic rings. The Morgan fingerprint density at radius 3 is 1.70 bits per heavy atom. The SMILES string of the molecule is CNC(C)(C)C(C)(C)CN. The fourth-order valence-corrected chi connectivity index (χ4v) is 0.594. The molecule has 0 aliphatic carbocycles. The number of nitrogens with one attached hydrogen (secondary N) is 1. The lowest BCUT2D eigenvalue weighted by molar-refractivity contribution is 0.174. The van der Waals surface area contributed by atoms with Gasteiger partial charge in [-0.05, 0) is 32.9 Å². The predicted octanol–water partition coefficient (Wildman–Crippen LogP) is 0.969. The number of rotatable bonds is 3. The highest BCUT2D eigenvalue weighted by Crippen LogP contribution is 2.28. The van der Waals surface area contributed by atoms with E-state index < -0.39 is 0 Å². The summed E-state index contributed by atoms with van der Waals surface area (Å²) in [5.74, 6) is 0. The third-order valence-electron chi connectivity index (χ3n) is 2.83. The number of hydrogen-bond acceptors (Lipinski definition) is 2. The normalized spacial score (nSPS) is 13.8. The Labute approximate surface area is 64.2 Å². The van der Waals surface area contributed by atoms with Crippen LogP contribution in [0.1, 0.15) is 27.7 Å². The van der Waals surface area contributed by atoms with Crippen LogP contribution < -0.4 is 11.1 Å². The van der Waals surface area contributed by atoms with Crippen molar-refractivity contribution in [3.63, 3.8) is 0 Å². The lowest BCUT2D eigenvalue weighted by Crippen LogP contribution is -2.53. The minimum Gasteiger partial charge on any atom is -0.330 e. The third kappa shape index (κ3) is 1.70. The zero-order chi connectivity index (χ0) is 8.41. The minimum atomic E-state index is 0.113. The molecule has 2 nitrogen and oxygen atoms in total. The lowest BCUT2D eigenvalue weighted by atomic mass is 9.75. The van der Waals surface area contributed by atoms with Gasteiger partial charge in [-0.25, -0.2) is 0 Å². The van der Waals surface area contributed by atoms with Gasteiger partial charge in [-0.3, -0.25) is 0 Å². The molecule has 0 fully saturated rings. The topological polar surface area (TPSA) is 38.0 Å². The zero-order valence-electron chi connectivity index (χ0n) is 7.78. The second-order valence-corrected chi connectivity index (χ2v) is 3.96. The van der Waals surface area contributed by atoms with E-state index in [0.717, 1.165) is 0 Å². The fourth-order valence-electron chi connectivity index (χ4n) is 0.594. The van der Waals surface area contributed by atoms with Gasteiger partial charge >= 0.3 is 0 Å². The van der Waals surface area contributed by atoms with Crippen molar-refractivity contribution in [1.82, 2.24) is 5.32 Å². The van der Waals surface area contributed by atoms with Crippen LogP contribution in [-0.4, -0.2) is 19.1 Å². The van der Waals surface area contributed by atoms with Crippen LogP contribution in [0.3, 0.4) is 0 Å². The van der Waals surface area contributed by atoms with E-state index in [1.54, 1.807) is 0 Å². The van der Waals surface area contributed by atoms with Crippen LogP contribution in [0.2, 0.25) is 0 Å². The predicted molar refractivity (Wildman–Crippen MR) is 46.0 cm³/mol. The van der Waals surface area contributed by atoms with E-state index in [4.69, 9.17) is 5.73 Å². The standard InChI is InChI=1S/C8H20N2/c1-7(2,6-9)8(3,4)10-5/h10H,6,9H2,1-5H3. The first-order valence-electron chi connectivity index (χ1n) is 3.76. The molecule has 0 saturated heterocycles. The molecule has 0 aromatic carbocycles. The molecule has 0 amide bonds. The Kier molecular flexibility index (Phi) is 2.86. The molecule has 0 radical (unpaired) electrons. The van der Waals surface area contributed by atoms with E-state index in [1.807, 2.05) is 7.05 Å². The molecule has 0 unspecified atom stereocenters. The Balaban J connectivity index is 4.28. The van der Waals surface area contributed by atoms with Crippen LogP contribution >= 0.6 is 0 Å². The van der Waals surface area contributed by atoms with Crippen molar-refractivity contribution in [2.24, 2.45) is 11.1 Å². The van der Waals surface area contributed by atoms with Gasteiger partial charge in [0.1, 0.15) is 0 Å². The van der Waals surface area contributed by atoms with Crippen LogP contribution in [-0.2, 0) is 0 Å². The summed E-state index contributed by atoms with van der Waals surface area (Å²) in [5.41, 5.74) is 5.90. The van der Waals surface area contributed by atoms with Gasteiger partial charge in [0.05, 0.1) is 0 Å². The van der Waals surface area contributed by atoms with Crippen LogP contribution in [0.5, 0.6) is 0 Å². The maximum absolute atomic E-state index is 5.63. The van der Waals surface area contributed by atoms with Gasteiger partial charge in [0.25, 0.3) is 0 Å². The highest BCUT2D eigenvalue weighted by atomic mass is 14.9. The summed E-state index contributed by atoms with van der Waals surface area (Å²) in [7, 11) is 1.97. The molecule has 62 valence electrons. The largest absolute Gasteiger partial charge is 0.330 e. The van der Waals surface area contributed by atoms with Gasteiger partial charge in [0.2, 0.25) is 0 Å². The first-order chi connectivity index (χ1) is 4.37. The van der Waals surface area contributed by atoms with Crippen molar-refractivity contribution in [3.05, 3.63) is 0 Å². The maximum atomic E-state index is 5.63. The summed E-state index contributed by atoms with van der Waals surface area (Å²) in [6, 6.07) is 0. The Hall–Kier alpha value is -0.0800. The van der Waals surface area contributed by atoms with E-state index in [1.165, 1.54) is 0 Å². The molecule has 0 spiro atoms. The van der Waals surface area contributed by atoms with E-state index in [0.29, 0.717) is 6.54 Å². The van der Waals surface area contributed by atoms with Gasteiger partial charge in [-0.1, -0.05) is 13.8 Å². The minimum absolute atomic E-state index is 0.113. The van der Waals surface area contributed by atoms with Crippen molar-refractivity contribution in [1.29, 1.82) is 0 Å². The second kappa shape index (κ2) is 2.89. The zero-order valence-corrected chi connectivity index (χ0v) is 7.78. The van der Waals surface area contributed by atoms with Crippen LogP contribution in [0, 0.1) is 5.41 Å². The maximum Gasteiger partial charge on any atom is 0.0185 e. The van der Waals surface area contributed by atoms with E-state index in [9.17, 15) is 0 Å². The van der Waals surface area contributed by atoms with Crippen LogP contribution in [0.15, 0.2) is 0 Å². The summed E-state index contributed by atoms with van der Waals surface area (Å²) in [5, 5.41) is 3.25. The van der Waals surface area contributed by atoms with Crippen LogP contribution in [0.4, 0.5) is 0 Å². The Bertz CT molecular complexity index is 91.8. The summed E-state index contributed by atoms with van der Waals surface area (Å²) < 4.78 is 0. The summed E-state index contributed by atoms with van der Waals surface area (Å²) >= 11 is 0. The fraction of sp³-hybridized carbons (Fsp3) is 1.00. The van der Waals surface area contributed by atoms with Crippen molar-refractivity contribution < 1.29 is 0 Å². The molecule has 0 rings (SSSR count). The molecule has 0 aromatic heterocycles. The van der Waals surface area contributed by atoms with Crippen molar-refractivity contribution >= 4 is 0 Å². The Morgan fingerprint density at radius 2 is 1.60 bits per heavy atom. The first kappa shape index (κ1) is 9.92. The third-order valence-corrected chi connectivity index (χ3v) is 2.83.